The highest BCUT2D eigenvalue weighted by Gasteiger charge is 2.56. The molecule has 10 heteroatoms. The molecule has 4 aromatic rings. The molecule has 1 atom stereocenters. The molecular weight excluding hydrogens is 484 g/mol. The van der Waals surface area contributed by atoms with Crippen LogP contribution in [-0.4, -0.2) is 51.4 Å². The summed E-state index contributed by atoms with van der Waals surface area (Å²) >= 11 is 0. The van der Waals surface area contributed by atoms with E-state index in [9.17, 15) is 19.6 Å². The summed E-state index contributed by atoms with van der Waals surface area (Å²) in [4.78, 5) is 42.2. The summed E-state index contributed by atoms with van der Waals surface area (Å²) in [7, 11) is 0. The van der Waals surface area contributed by atoms with E-state index in [1.165, 1.54) is 9.80 Å². The van der Waals surface area contributed by atoms with Gasteiger partial charge in [-0.3, -0.25) is 20.3 Å². The number of hydrogen-bond donors (Lipinski definition) is 4. The highest BCUT2D eigenvalue weighted by molar-refractivity contribution is 6.07. The zero-order valence-corrected chi connectivity index (χ0v) is 21.0. The van der Waals surface area contributed by atoms with Crippen LogP contribution in [-0.2, 0) is 4.79 Å². The molecule has 1 saturated heterocycles. The highest BCUT2D eigenvalue weighted by atomic mass is 16.5. The predicted molar refractivity (Wildman–Crippen MR) is 145 cm³/mol. The van der Waals surface area contributed by atoms with Crippen LogP contribution in [0.2, 0.25) is 0 Å². The SMILES string of the molecule is CC1(C)C(N(O)C(=O)Nc2cccc3ccccc23)N(c2cccc3ccccc23)C(=O)N1CC(=O)NN. The quantitative estimate of drug-likeness (QED) is 0.137. The Balaban J connectivity index is 1.58. The molecule has 0 aliphatic carbocycles. The van der Waals surface area contributed by atoms with Gasteiger partial charge in [0, 0.05) is 10.8 Å². The molecule has 10 nitrogen and oxygen atoms in total. The topological polar surface area (TPSA) is 131 Å². The van der Waals surface area contributed by atoms with Gasteiger partial charge in [-0.2, -0.15) is 5.06 Å². The van der Waals surface area contributed by atoms with Gasteiger partial charge in [0.05, 0.1) is 16.9 Å². The molecule has 0 aromatic heterocycles. The van der Waals surface area contributed by atoms with E-state index in [4.69, 9.17) is 5.84 Å². The normalized spacial score (nSPS) is 16.6. The van der Waals surface area contributed by atoms with Crippen molar-refractivity contribution in [2.24, 2.45) is 5.84 Å². The third-order valence-corrected chi connectivity index (χ3v) is 6.97. The van der Waals surface area contributed by atoms with Gasteiger partial charge in [-0.05, 0) is 36.8 Å². The second kappa shape index (κ2) is 9.66. The number of rotatable bonds is 5. The summed E-state index contributed by atoms with van der Waals surface area (Å²) in [6.45, 7) is 3.00. The Labute approximate surface area is 219 Å². The number of hydroxylamine groups is 2. The number of benzene rings is 4. The minimum atomic E-state index is -1.20. The van der Waals surface area contributed by atoms with Crippen molar-refractivity contribution >= 4 is 50.9 Å². The minimum absolute atomic E-state index is 0.362. The summed E-state index contributed by atoms with van der Waals surface area (Å²) < 4.78 is 0. The Hall–Kier alpha value is -4.67. The third-order valence-electron chi connectivity index (χ3n) is 6.97. The predicted octanol–water partition coefficient (Wildman–Crippen LogP) is 4.25. The Bertz CT molecular complexity index is 1540. The molecule has 4 aromatic carbocycles. The fraction of sp³-hybridized carbons (Fsp3) is 0.179. The zero-order chi connectivity index (χ0) is 27.0. The maximum atomic E-state index is 13.8. The van der Waals surface area contributed by atoms with Crippen molar-refractivity contribution in [2.75, 3.05) is 16.8 Å². The second-order valence-electron chi connectivity index (χ2n) is 9.63. The Morgan fingerprint density at radius 2 is 1.50 bits per heavy atom. The van der Waals surface area contributed by atoms with Crippen LogP contribution in [0.25, 0.3) is 21.5 Å². The van der Waals surface area contributed by atoms with E-state index in [1.54, 1.807) is 38.1 Å². The fourth-order valence-corrected chi connectivity index (χ4v) is 5.08. The average Bonchev–Trinajstić information content (AvgIpc) is 3.12. The van der Waals surface area contributed by atoms with Gasteiger partial charge in [-0.25, -0.2) is 15.4 Å². The molecule has 1 unspecified atom stereocenters. The van der Waals surface area contributed by atoms with Crippen LogP contribution in [0.1, 0.15) is 13.8 Å². The minimum Gasteiger partial charge on any atom is -0.306 e. The average molecular weight is 513 g/mol. The van der Waals surface area contributed by atoms with Crippen LogP contribution < -0.4 is 21.5 Å². The number of nitrogens with one attached hydrogen (secondary N) is 2. The second-order valence-corrected chi connectivity index (χ2v) is 9.63. The van der Waals surface area contributed by atoms with Crippen LogP contribution in [0, 0.1) is 0 Å². The summed E-state index contributed by atoms with van der Waals surface area (Å²) in [6, 6.07) is 24.5. The lowest BCUT2D eigenvalue weighted by atomic mass is 9.99. The standard InChI is InChI=1S/C28H28N6O4/c1-28(2)25(34(38)26(36)30-22-15-7-11-18-9-3-5-13-20(18)22)33(27(37)32(28)17-24(35)31-29)23-16-8-12-19-10-4-6-14-21(19)23/h3-16,25,38H,17,29H2,1-2H3,(H,30,36)(H,31,35). The third kappa shape index (κ3) is 4.15. The number of amides is 5. The molecule has 0 saturated carbocycles. The van der Waals surface area contributed by atoms with E-state index >= 15 is 0 Å². The number of nitrogens with zero attached hydrogens (tertiary/aromatic N) is 3. The number of anilines is 2. The molecule has 38 heavy (non-hydrogen) atoms. The van der Waals surface area contributed by atoms with Crippen LogP contribution in [0.4, 0.5) is 21.0 Å². The molecule has 0 spiro atoms. The van der Waals surface area contributed by atoms with Crippen LogP contribution in [0.15, 0.2) is 84.9 Å². The molecule has 5 N–H and O–H groups in total. The number of hydrazine groups is 1. The van der Waals surface area contributed by atoms with Gasteiger partial charge in [-0.1, -0.05) is 72.8 Å². The van der Waals surface area contributed by atoms with Crippen LogP contribution in [0.5, 0.6) is 0 Å². The van der Waals surface area contributed by atoms with E-state index in [-0.39, 0.29) is 6.54 Å². The van der Waals surface area contributed by atoms with Gasteiger partial charge in [0.2, 0.25) is 0 Å². The van der Waals surface area contributed by atoms with Crippen molar-refractivity contribution < 1.29 is 19.6 Å². The van der Waals surface area contributed by atoms with Gasteiger partial charge < -0.3 is 10.2 Å². The number of urea groups is 2. The lowest BCUT2D eigenvalue weighted by Gasteiger charge is -2.38. The van der Waals surface area contributed by atoms with Crippen molar-refractivity contribution in [1.82, 2.24) is 15.4 Å². The Kier molecular flexibility index (Phi) is 6.35. The van der Waals surface area contributed by atoms with Crippen molar-refractivity contribution in [3.05, 3.63) is 84.9 Å². The first-order chi connectivity index (χ1) is 18.2. The highest BCUT2D eigenvalue weighted by Crippen LogP contribution is 2.40. The molecule has 1 heterocycles. The molecular formula is C28H28N6O4. The number of nitrogens with two attached hydrogens (primary N) is 1. The monoisotopic (exact) mass is 512 g/mol. The maximum Gasteiger partial charge on any atom is 0.347 e. The molecule has 5 rings (SSSR count). The largest absolute Gasteiger partial charge is 0.347 e. The molecule has 0 bridgehead atoms. The van der Waals surface area contributed by atoms with Gasteiger partial charge >= 0.3 is 12.1 Å². The molecule has 194 valence electrons. The lowest BCUT2D eigenvalue weighted by molar-refractivity contribution is -0.124. The van der Waals surface area contributed by atoms with E-state index < -0.39 is 29.7 Å². The molecule has 1 aliphatic rings. The number of carbonyl (C=O) groups is 3. The van der Waals surface area contributed by atoms with E-state index in [0.717, 1.165) is 21.5 Å². The van der Waals surface area contributed by atoms with Crippen LogP contribution >= 0.6 is 0 Å². The number of hydrogen-bond acceptors (Lipinski definition) is 5. The van der Waals surface area contributed by atoms with E-state index in [2.05, 4.69) is 5.32 Å². The molecule has 5 amide bonds. The Morgan fingerprint density at radius 1 is 0.921 bits per heavy atom. The molecule has 0 radical (unpaired) electrons. The zero-order valence-electron chi connectivity index (χ0n) is 21.0. The van der Waals surface area contributed by atoms with Crippen molar-refractivity contribution in [3.63, 3.8) is 0 Å². The fourth-order valence-electron chi connectivity index (χ4n) is 5.08. The van der Waals surface area contributed by atoms with Gasteiger partial charge in [0.1, 0.15) is 6.54 Å². The Morgan fingerprint density at radius 3 is 2.18 bits per heavy atom. The van der Waals surface area contributed by atoms with E-state index in [0.29, 0.717) is 16.4 Å². The first-order valence-electron chi connectivity index (χ1n) is 12.1. The van der Waals surface area contributed by atoms with Gasteiger partial charge in [0.25, 0.3) is 5.91 Å². The van der Waals surface area contributed by atoms with Crippen molar-refractivity contribution in [3.8, 4) is 0 Å². The van der Waals surface area contributed by atoms with Crippen molar-refractivity contribution in [2.45, 2.75) is 25.6 Å². The summed E-state index contributed by atoms with van der Waals surface area (Å²) in [6.07, 6.45) is -1.19. The van der Waals surface area contributed by atoms with Crippen molar-refractivity contribution in [1.29, 1.82) is 0 Å². The smallest absolute Gasteiger partial charge is 0.306 e. The summed E-state index contributed by atoms with van der Waals surface area (Å²) in [5.41, 5.74) is 1.83. The number of carbonyl (C=O) groups excluding carboxylic acids is 3. The van der Waals surface area contributed by atoms with Gasteiger partial charge in [0.15, 0.2) is 6.17 Å². The first-order valence-corrected chi connectivity index (χ1v) is 12.1. The van der Waals surface area contributed by atoms with E-state index in [1.807, 2.05) is 66.1 Å². The van der Waals surface area contributed by atoms with Crippen LogP contribution in [0.3, 0.4) is 0 Å². The summed E-state index contributed by atoms with van der Waals surface area (Å²) in [5, 5.41) is 18.0. The molecule has 1 aliphatic heterocycles. The lowest BCUT2D eigenvalue weighted by Crippen LogP contribution is -2.58. The first kappa shape index (κ1) is 25.0. The summed E-state index contributed by atoms with van der Waals surface area (Å²) in [5.74, 6) is 4.72. The maximum absolute atomic E-state index is 13.8. The van der Waals surface area contributed by atoms with Gasteiger partial charge in [-0.15, -0.1) is 0 Å². The number of fused-ring (bicyclic) bond motifs is 2. The molecule has 1 fully saturated rings.